The first-order chi connectivity index (χ1) is 9.39. The number of hydrogen-bond donors (Lipinski definition) is 1. The lowest BCUT2D eigenvalue weighted by molar-refractivity contribution is -0.132. The predicted molar refractivity (Wildman–Crippen MR) is 79.0 cm³/mol. The van der Waals surface area contributed by atoms with Crippen LogP contribution in [0.15, 0.2) is 0 Å². The highest BCUT2D eigenvalue weighted by molar-refractivity contribution is 7.91. The first-order valence-corrected chi connectivity index (χ1v) is 9.50. The van der Waals surface area contributed by atoms with Gasteiger partial charge in [0.1, 0.15) is 0 Å². The van der Waals surface area contributed by atoms with Gasteiger partial charge in [0.2, 0.25) is 5.91 Å². The van der Waals surface area contributed by atoms with Gasteiger partial charge in [-0.3, -0.25) is 10.1 Å². The van der Waals surface area contributed by atoms with Crippen molar-refractivity contribution in [3.05, 3.63) is 0 Å². The Morgan fingerprint density at radius 3 is 2.65 bits per heavy atom. The average molecular weight is 302 g/mol. The Balaban J connectivity index is 2.18. The molecule has 2 heterocycles. The molecule has 20 heavy (non-hydrogen) atoms. The third kappa shape index (κ3) is 3.01. The van der Waals surface area contributed by atoms with E-state index >= 15 is 0 Å². The van der Waals surface area contributed by atoms with Gasteiger partial charge in [-0.1, -0.05) is 27.2 Å². The monoisotopic (exact) mass is 302 g/mol. The predicted octanol–water partition coefficient (Wildman–Crippen LogP) is 1.15. The SMILES string of the molecule is CCC(C)C1NC(CC)N(C2CCCS(=O)(=O)C2)C1=O. The Hall–Kier alpha value is -0.620. The molecule has 2 aliphatic rings. The summed E-state index contributed by atoms with van der Waals surface area (Å²) in [6.07, 6.45) is 3.21. The highest BCUT2D eigenvalue weighted by Gasteiger charge is 2.45. The lowest BCUT2D eigenvalue weighted by atomic mass is 9.99. The summed E-state index contributed by atoms with van der Waals surface area (Å²) in [5.41, 5.74) is 0. The molecule has 0 aliphatic carbocycles. The Bertz CT molecular complexity index is 463. The third-order valence-electron chi connectivity index (χ3n) is 4.66. The fourth-order valence-electron chi connectivity index (χ4n) is 3.28. The largest absolute Gasteiger partial charge is 0.322 e. The number of rotatable bonds is 4. The summed E-state index contributed by atoms with van der Waals surface area (Å²) >= 11 is 0. The number of nitrogens with one attached hydrogen (secondary N) is 1. The number of carbonyl (C=O) groups is 1. The molecular weight excluding hydrogens is 276 g/mol. The van der Waals surface area contributed by atoms with E-state index in [2.05, 4.69) is 19.2 Å². The summed E-state index contributed by atoms with van der Waals surface area (Å²) in [6, 6.07) is -0.303. The number of hydrogen-bond acceptors (Lipinski definition) is 4. The van der Waals surface area contributed by atoms with Crippen LogP contribution in [0.4, 0.5) is 0 Å². The van der Waals surface area contributed by atoms with Crippen molar-refractivity contribution >= 4 is 15.7 Å². The van der Waals surface area contributed by atoms with Gasteiger partial charge in [-0.2, -0.15) is 0 Å². The zero-order valence-electron chi connectivity index (χ0n) is 12.6. The van der Waals surface area contributed by atoms with Gasteiger partial charge in [0.05, 0.1) is 23.7 Å². The normalized spacial score (nSPS) is 35.2. The second kappa shape index (κ2) is 6.02. The molecule has 0 bridgehead atoms. The Labute approximate surface area is 122 Å². The summed E-state index contributed by atoms with van der Waals surface area (Å²) in [5.74, 6) is 0.768. The highest BCUT2D eigenvalue weighted by atomic mass is 32.2. The minimum Gasteiger partial charge on any atom is -0.322 e. The molecule has 2 fully saturated rings. The van der Waals surface area contributed by atoms with Crippen LogP contribution in [-0.4, -0.2) is 49.0 Å². The van der Waals surface area contributed by atoms with E-state index < -0.39 is 9.84 Å². The zero-order chi connectivity index (χ0) is 14.9. The first kappa shape index (κ1) is 15.8. The second-order valence-corrected chi connectivity index (χ2v) is 8.34. The smallest absolute Gasteiger partial charge is 0.241 e. The summed E-state index contributed by atoms with van der Waals surface area (Å²) in [7, 11) is -2.99. The molecule has 5 nitrogen and oxygen atoms in total. The van der Waals surface area contributed by atoms with E-state index in [4.69, 9.17) is 0 Å². The molecule has 1 amide bonds. The summed E-state index contributed by atoms with van der Waals surface area (Å²) in [6.45, 7) is 6.19. The highest BCUT2D eigenvalue weighted by Crippen LogP contribution is 2.27. The first-order valence-electron chi connectivity index (χ1n) is 7.68. The molecule has 0 aromatic rings. The molecule has 2 aliphatic heterocycles. The molecule has 2 saturated heterocycles. The lowest BCUT2D eigenvalue weighted by Gasteiger charge is -2.34. The van der Waals surface area contributed by atoms with Crippen LogP contribution in [0.1, 0.15) is 46.5 Å². The summed E-state index contributed by atoms with van der Waals surface area (Å²) < 4.78 is 23.7. The van der Waals surface area contributed by atoms with E-state index in [1.54, 1.807) is 0 Å². The number of nitrogens with zero attached hydrogens (tertiary/aromatic N) is 1. The van der Waals surface area contributed by atoms with Crippen molar-refractivity contribution in [2.45, 2.75) is 64.7 Å². The van der Waals surface area contributed by atoms with Gasteiger partial charge >= 0.3 is 0 Å². The van der Waals surface area contributed by atoms with Gasteiger partial charge < -0.3 is 4.90 Å². The molecule has 0 saturated carbocycles. The Morgan fingerprint density at radius 1 is 1.40 bits per heavy atom. The summed E-state index contributed by atoms with van der Waals surface area (Å²) in [5, 5.41) is 3.40. The Morgan fingerprint density at radius 2 is 2.10 bits per heavy atom. The van der Waals surface area contributed by atoms with E-state index in [-0.39, 0.29) is 41.6 Å². The average Bonchev–Trinajstić information content (AvgIpc) is 2.73. The van der Waals surface area contributed by atoms with E-state index in [0.29, 0.717) is 6.42 Å². The Kier molecular flexibility index (Phi) is 4.74. The molecule has 0 aromatic heterocycles. The topological polar surface area (TPSA) is 66.5 Å². The van der Waals surface area contributed by atoms with Crippen LogP contribution in [0.3, 0.4) is 0 Å². The van der Waals surface area contributed by atoms with Crippen molar-refractivity contribution in [1.82, 2.24) is 10.2 Å². The van der Waals surface area contributed by atoms with Crippen LogP contribution in [0, 0.1) is 5.92 Å². The zero-order valence-corrected chi connectivity index (χ0v) is 13.4. The maximum atomic E-state index is 12.7. The molecule has 116 valence electrons. The molecule has 2 rings (SSSR count). The maximum absolute atomic E-state index is 12.7. The van der Waals surface area contributed by atoms with Gasteiger partial charge in [-0.25, -0.2) is 8.42 Å². The van der Waals surface area contributed by atoms with Gasteiger partial charge in [0, 0.05) is 6.04 Å². The van der Waals surface area contributed by atoms with E-state index in [1.165, 1.54) is 0 Å². The second-order valence-electron chi connectivity index (χ2n) is 6.11. The van der Waals surface area contributed by atoms with Crippen molar-refractivity contribution in [2.75, 3.05) is 11.5 Å². The third-order valence-corrected chi connectivity index (χ3v) is 6.46. The van der Waals surface area contributed by atoms with E-state index in [0.717, 1.165) is 19.3 Å². The van der Waals surface area contributed by atoms with Crippen molar-refractivity contribution in [3.63, 3.8) is 0 Å². The molecule has 4 unspecified atom stereocenters. The minimum atomic E-state index is -2.99. The van der Waals surface area contributed by atoms with Crippen LogP contribution in [0.5, 0.6) is 0 Å². The van der Waals surface area contributed by atoms with Crippen molar-refractivity contribution in [3.8, 4) is 0 Å². The van der Waals surface area contributed by atoms with Crippen LogP contribution >= 0.6 is 0 Å². The molecule has 0 aromatic carbocycles. The van der Waals surface area contributed by atoms with Crippen LogP contribution in [0.2, 0.25) is 0 Å². The van der Waals surface area contributed by atoms with E-state index in [1.807, 2.05) is 11.8 Å². The standard InChI is InChI=1S/C14H26N2O3S/c1-4-10(3)13-14(17)16(12(5-2)15-13)11-7-6-8-20(18,19)9-11/h10-13,15H,4-9H2,1-3H3. The van der Waals surface area contributed by atoms with Crippen LogP contribution < -0.4 is 5.32 Å². The molecule has 6 heteroatoms. The lowest BCUT2D eigenvalue weighted by Crippen LogP contribution is -2.49. The molecular formula is C14H26N2O3S. The quantitative estimate of drug-likeness (QED) is 0.846. The number of sulfone groups is 1. The van der Waals surface area contributed by atoms with Gasteiger partial charge in [-0.05, 0) is 25.2 Å². The van der Waals surface area contributed by atoms with Crippen molar-refractivity contribution in [1.29, 1.82) is 0 Å². The van der Waals surface area contributed by atoms with Gasteiger partial charge in [-0.15, -0.1) is 0 Å². The fraction of sp³-hybridized carbons (Fsp3) is 0.929. The minimum absolute atomic E-state index is 0.0141. The number of amides is 1. The number of carbonyl (C=O) groups excluding carboxylic acids is 1. The molecule has 0 spiro atoms. The van der Waals surface area contributed by atoms with Gasteiger partial charge in [0.15, 0.2) is 9.84 Å². The molecule has 1 N–H and O–H groups in total. The van der Waals surface area contributed by atoms with Crippen molar-refractivity contribution < 1.29 is 13.2 Å². The fourth-order valence-corrected chi connectivity index (χ4v) is 4.97. The summed E-state index contributed by atoms with van der Waals surface area (Å²) in [4.78, 5) is 14.5. The van der Waals surface area contributed by atoms with Gasteiger partial charge in [0.25, 0.3) is 0 Å². The van der Waals surface area contributed by atoms with Crippen LogP contribution in [-0.2, 0) is 14.6 Å². The van der Waals surface area contributed by atoms with Crippen LogP contribution in [0.25, 0.3) is 0 Å². The van der Waals surface area contributed by atoms with Crippen molar-refractivity contribution in [2.24, 2.45) is 5.92 Å². The van der Waals surface area contributed by atoms with E-state index in [9.17, 15) is 13.2 Å². The molecule has 0 radical (unpaired) electrons. The molecule has 4 atom stereocenters. The maximum Gasteiger partial charge on any atom is 0.241 e.